The molecule has 3 aromatic carbocycles. The number of aryl methyl sites for hydroxylation is 1. The SMILES string of the molecule is c1ccc(COc2cccc3nc4c(c(-c5ccccc5)c23)CCC4)cc1. The normalized spacial score (nSPS) is 12.9. The van der Waals surface area contributed by atoms with Gasteiger partial charge in [-0.1, -0.05) is 66.7 Å². The maximum atomic E-state index is 6.29. The van der Waals surface area contributed by atoms with E-state index >= 15 is 0 Å². The Morgan fingerprint density at radius 3 is 2.37 bits per heavy atom. The molecule has 0 amide bonds. The third kappa shape index (κ3) is 2.97. The first kappa shape index (κ1) is 16.1. The van der Waals surface area contributed by atoms with Crippen LogP contribution in [0.3, 0.4) is 0 Å². The van der Waals surface area contributed by atoms with Gasteiger partial charge in [-0.2, -0.15) is 0 Å². The van der Waals surface area contributed by atoms with Crippen molar-refractivity contribution in [1.82, 2.24) is 4.98 Å². The average Bonchev–Trinajstić information content (AvgIpc) is 3.20. The fourth-order valence-corrected chi connectivity index (χ4v) is 4.06. The van der Waals surface area contributed by atoms with Gasteiger partial charge in [0.1, 0.15) is 12.4 Å². The van der Waals surface area contributed by atoms with Gasteiger partial charge in [0.25, 0.3) is 0 Å². The van der Waals surface area contributed by atoms with Crippen LogP contribution in [-0.4, -0.2) is 4.98 Å². The van der Waals surface area contributed by atoms with E-state index in [1.807, 2.05) is 24.3 Å². The Morgan fingerprint density at radius 1 is 0.778 bits per heavy atom. The van der Waals surface area contributed by atoms with Crippen LogP contribution in [0.5, 0.6) is 5.75 Å². The minimum atomic E-state index is 0.561. The molecule has 0 spiro atoms. The fourth-order valence-electron chi connectivity index (χ4n) is 4.06. The quantitative estimate of drug-likeness (QED) is 0.452. The van der Waals surface area contributed by atoms with Crippen molar-refractivity contribution < 1.29 is 4.74 Å². The molecule has 0 N–H and O–H groups in total. The lowest BCUT2D eigenvalue weighted by atomic mass is 9.94. The van der Waals surface area contributed by atoms with Crippen LogP contribution in [0.25, 0.3) is 22.0 Å². The average molecular weight is 351 g/mol. The first-order valence-corrected chi connectivity index (χ1v) is 9.57. The van der Waals surface area contributed by atoms with Gasteiger partial charge < -0.3 is 4.74 Å². The lowest BCUT2D eigenvalue weighted by molar-refractivity contribution is 0.310. The van der Waals surface area contributed by atoms with Gasteiger partial charge in [-0.25, -0.2) is 0 Å². The number of nitrogens with zero attached hydrogens (tertiary/aromatic N) is 1. The third-order valence-corrected chi connectivity index (χ3v) is 5.30. The highest BCUT2D eigenvalue weighted by molar-refractivity contribution is 6.01. The van der Waals surface area contributed by atoms with Crippen molar-refractivity contribution in [1.29, 1.82) is 0 Å². The molecule has 2 heteroatoms. The second-order valence-corrected chi connectivity index (χ2v) is 7.06. The maximum absolute atomic E-state index is 6.29. The number of fused-ring (bicyclic) bond motifs is 2. The lowest BCUT2D eigenvalue weighted by Gasteiger charge is -2.16. The minimum absolute atomic E-state index is 0.561. The van der Waals surface area contributed by atoms with Gasteiger partial charge in [-0.3, -0.25) is 4.98 Å². The van der Waals surface area contributed by atoms with Crippen LogP contribution in [-0.2, 0) is 19.4 Å². The summed E-state index contributed by atoms with van der Waals surface area (Å²) in [6.07, 6.45) is 3.34. The molecule has 0 atom stereocenters. The first-order valence-electron chi connectivity index (χ1n) is 9.57. The highest BCUT2D eigenvalue weighted by atomic mass is 16.5. The second kappa shape index (κ2) is 6.88. The highest BCUT2D eigenvalue weighted by Gasteiger charge is 2.22. The van der Waals surface area contributed by atoms with E-state index in [9.17, 15) is 0 Å². The number of hydrogen-bond donors (Lipinski definition) is 0. The van der Waals surface area contributed by atoms with Crippen molar-refractivity contribution in [3.8, 4) is 16.9 Å². The van der Waals surface area contributed by atoms with Gasteiger partial charge >= 0.3 is 0 Å². The van der Waals surface area contributed by atoms with Gasteiger partial charge in [0, 0.05) is 5.69 Å². The van der Waals surface area contributed by atoms with Crippen molar-refractivity contribution in [3.63, 3.8) is 0 Å². The van der Waals surface area contributed by atoms with Crippen LogP contribution in [0.2, 0.25) is 0 Å². The van der Waals surface area contributed by atoms with Crippen LogP contribution in [0.1, 0.15) is 23.2 Å². The van der Waals surface area contributed by atoms with E-state index < -0.39 is 0 Å². The number of aromatic nitrogens is 1. The summed E-state index contributed by atoms with van der Waals surface area (Å²) in [5, 5.41) is 1.14. The van der Waals surface area contributed by atoms with Crippen molar-refractivity contribution >= 4 is 10.9 Å². The zero-order valence-electron chi connectivity index (χ0n) is 15.2. The Labute approximate surface area is 159 Å². The number of pyridine rings is 1. The fraction of sp³-hybridized carbons (Fsp3) is 0.160. The predicted octanol–water partition coefficient (Wildman–Crippen LogP) is 5.97. The van der Waals surface area contributed by atoms with E-state index in [1.54, 1.807) is 0 Å². The zero-order chi connectivity index (χ0) is 18.1. The van der Waals surface area contributed by atoms with E-state index in [1.165, 1.54) is 34.4 Å². The molecular weight excluding hydrogens is 330 g/mol. The zero-order valence-corrected chi connectivity index (χ0v) is 15.2. The molecule has 0 radical (unpaired) electrons. The van der Waals surface area contributed by atoms with Crippen LogP contribution in [0.15, 0.2) is 78.9 Å². The summed E-state index contributed by atoms with van der Waals surface area (Å²) < 4.78 is 6.29. The van der Waals surface area contributed by atoms with E-state index in [0.717, 1.165) is 29.5 Å². The Balaban J connectivity index is 1.68. The Bertz CT molecular complexity index is 1090. The molecular formula is C25H21NO. The standard InChI is InChI=1S/C25H21NO/c1-3-9-18(10-4-1)17-27-23-16-8-15-22-25(23)24(19-11-5-2-6-12-19)20-13-7-14-21(20)26-22/h1-6,8-12,15-16H,7,13-14,17H2. The van der Waals surface area contributed by atoms with Gasteiger partial charge in [0.2, 0.25) is 0 Å². The van der Waals surface area contributed by atoms with Crippen LogP contribution in [0, 0.1) is 0 Å². The molecule has 4 aromatic rings. The number of benzene rings is 3. The summed E-state index contributed by atoms with van der Waals surface area (Å²) in [4.78, 5) is 4.98. The molecule has 1 aliphatic carbocycles. The monoisotopic (exact) mass is 351 g/mol. The molecule has 1 aliphatic rings. The van der Waals surface area contributed by atoms with Crippen molar-refractivity contribution in [2.24, 2.45) is 0 Å². The predicted molar refractivity (Wildman–Crippen MR) is 110 cm³/mol. The van der Waals surface area contributed by atoms with E-state index in [2.05, 4.69) is 54.6 Å². The van der Waals surface area contributed by atoms with Gasteiger partial charge in [0.05, 0.1) is 10.9 Å². The van der Waals surface area contributed by atoms with Gasteiger partial charge in [0.15, 0.2) is 0 Å². The molecule has 1 aromatic heterocycles. The van der Waals surface area contributed by atoms with Crippen LogP contribution >= 0.6 is 0 Å². The first-order chi connectivity index (χ1) is 13.4. The molecule has 5 rings (SSSR count). The smallest absolute Gasteiger partial charge is 0.129 e. The van der Waals surface area contributed by atoms with Crippen molar-refractivity contribution in [2.45, 2.75) is 25.9 Å². The number of rotatable bonds is 4. The van der Waals surface area contributed by atoms with E-state index in [-0.39, 0.29) is 0 Å². The maximum Gasteiger partial charge on any atom is 0.129 e. The van der Waals surface area contributed by atoms with Gasteiger partial charge in [-0.15, -0.1) is 0 Å². The summed E-state index contributed by atoms with van der Waals surface area (Å²) in [6.45, 7) is 0.561. The molecule has 0 saturated heterocycles. The summed E-state index contributed by atoms with van der Waals surface area (Å²) in [5.41, 5.74) is 7.39. The number of hydrogen-bond acceptors (Lipinski definition) is 2. The summed E-state index contributed by atoms with van der Waals surface area (Å²) in [7, 11) is 0. The third-order valence-electron chi connectivity index (χ3n) is 5.30. The van der Waals surface area contributed by atoms with Crippen LogP contribution < -0.4 is 4.74 Å². The molecule has 132 valence electrons. The number of ether oxygens (including phenoxy) is 1. The molecule has 0 aliphatic heterocycles. The molecule has 0 bridgehead atoms. The summed E-state index contributed by atoms with van der Waals surface area (Å²) >= 11 is 0. The van der Waals surface area contributed by atoms with Gasteiger partial charge in [-0.05, 0) is 53.6 Å². The molecule has 0 fully saturated rings. The summed E-state index contributed by atoms with van der Waals surface area (Å²) in [5.74, 6) is 0.914. The van der Waals surface area contributed by atoms with Crippen LogP contribution in [0.4, 0.5) is 0 Å². The Kier molecular flexibility index (Phi) is 4.10. The Hall–Kier alpha value is -3.13. The molecule has 0 unspecified atom stereocenters. The highest BCUT2D eigenvalue weighted by Crippen LogP contribution is 2.41. The van der Waals surface area contributed by atoms with E-state index in [4.69, 9.17) is 9.72 Å². The largest absolute Gasteiger partial charge is 0.488 e. The molecule has 0 saturated carbocycles. The lowest BCUT2D eigenvalue weighted by Crippen LogP contribution is -2.00. The minimum Gasteiger partial charge on any atom is -0.488 e. The second-order valence-electron chi connectivity index (χ2n) is 7.06. The topological polar surface area (TPSA) is 22.1 Å². The Morgan fingerprint density at radius 2 is 1.56 bits per heavy atom. The summed E-state index contributed by atoms with van der Waals surface area (Å²) in [6, 6.07) is 27.2. The molecule has 2 nitrogen and oxygen atoms in total. The van der Waals surface area contributed by atoms with E-state index in [0.29, 0.717) is 6.61 Å². The van der Waals surface area contributed by atoms with Crippen molar-refractivity contribution in [2.75, 3.05) is 0 Å². The van der Waals surface area contributed by atoms with Crippen molar-refractivity contribution in [3.05, 3.63) is 95.7 Å². The molecule has 27 heavy (non-hydrogen) atoms. The molecule has 1 heterocycles.